The number of hydrogen-bond acceptors (Lipinski definition) is 3. The number of rotatable bonds is 5. The van der Waals surface area contributed by atoms with Crippen LogP contribution in [0.1, 0.15) is 15.9 Å². The van der Waals surface area contributed by atoms with Gasteiger partial charge in [0.1, 0.15) is 5.56 Å². The Hall–Kier alpha value is -3.62. The first-order valence-electron chi connectivity index (χ1n) is 9.35. The highest BCUT2D eigenvalue weighted by Crippen LogP contribution is 2.21. The summed E-state index contributed by atoms with van der Waals surface area (Å²) in [6.07, 6.45) is 0. The van der Waals surface area contributed by atoms with E-state index in [-0.39, 0.29) is 17.0 Å². The van der Waals surface area contributed by atoms with E-state index >= 15 is 0 Å². The van der Waals surface area contributed by atoms with Crippen molar-refractivity contribution in [2.24, 2.45) is 0 Å². The van der Waals surface area contributed by atoms with Crippen molar-refractivity contribution >= 4 is 30.7 Å². The van der Waals surface area contributed by atoms with Crippen LogP contribution in [-0.4, -0.2) is 10.7 Å². The lowest BCUT2D eigenvalue weighted by Crippen LogP contribution is -2.04. The second-order valence-corrected chi connectivity index (χ2v) is 7.73. The van der Waals surface area contributed by atoms with Crippen molar-refractivity contribution in [2.75, 3.05) is 0 Å². The number of nitro groups is 1. The van der Waals surface area contributed by atoms with Gasteiger partial charge in [0.05, 0.1) is 4.92 Å². The van der Waals surface area contributed by atoms with E-state index in [0.717, 1.165) is 8.58 Å². The standard InChI is InChI=1S/C13H9NO3.C12H11P/c15-13(10-6-2-1-3-7-10)11-8-4-5-9-12(11)14(16)17;1-3-7-11(8-4-1)13-12-9-5-2-6-10-12/h1-9H;1-10,13H. The van der Waals surface area contributed by atoms with Crippen LogP contribution in [0.5, 0.6) is 0 Å². The molecule has 0 bridgehead atoms. The van der Waals surface area contributed by atoms with E-state index in [0.29, 0.717) is 5.56 Å². The van der Waals surface area contributed by atoms with Crippen molar-refractivity contribution in [2.45, 2.75) is 0 Å². The number of carbonyl (C=O) groups excluding carboxylic acids is 1. The first kappa shape index (κ1) is 21.1. The summed E-state index contributed by atoms with van der Waals surface area (Å²) in [5, 5.41) is 13.6. The number of carbonyl (C=O) groups is 1. The Morgan fingerprint density at radius 3 is 1.57 bits per heavy atom. The Labute approximate surface area is 177 Å². The van der Waals surface area contributed by atoms with Crippen LogP contribution in [0.15, 0.2) is 115 Å². The lowest BCUT2D eigenvalue weighted by atomic mass is 10.0. The highest BCUT2D eigenvalue weighted by atomic mass is 31.1. The maximum atomic E-state index is 12.1. The molecular weight excluding hydrogens is 393 g/mol. The first-order valence-corrected chi connectivity index (χ1v) is 10.4. The van der Waals surface area contributed by atoms with Gasteiger partial charge in [-0.15, -0.1) is 0 Å². The minimum absolute atomic E-state index is 0.115. The number of benzene rings is 4. The molecule has 5 heteroatoms. The zero-order valence-electron chi connectivity index (χ0n) is 16.1. The maximum absolute atomic E-state index is 12.1. The van der Waals surface area contributed by atoms with Crippen molar-refractivity contribution < 1.29 is 9.72 Å². The van der Waals surface area contributed by atoms with Crippen LogP contribution < -0.4 is 10.6 Å². The van der Waals surface area contributed by atoms with Crippen LogP contribution >= 0.6 is 8.58 Å². The van der Waals surface area contributed by atoms with Gasteiger partial charge in [0.25, 0.3) is 5.69 Å². The molecule has 0 aliphatic heterocycles. The van der Waals surface area contributed by atoms with E-state index < -0.39 is 4.92 Å². The van der Waals surface area contributed by atoms with Crippen LogP contribution in [-0.2, 0) is 0 Å². The number of hydrogen-bond donors (Lipinski definition) is 0. The average molecular weight is 413 g/mol. The number of nitro benzene ring substituents is 1. The quantitative estimate of drug-likeness (QED) is 0.197. The molecule has 0 unspecified atom stereocenters. The van der Waals surface area contributed by atoms with E-state index in [1.165, 1.54) is 22.7 Å². The van der Waals surface area contributed by atoms with E-state index in [4.69, 9.17) is 0 Å². The lowest BCUT2D eigenvalue weighted by Gasteiger charge is -2.01. The first-order chi connectivity index (χ1) is 14.6. The summed E-state index contributed by atoms with van der Waals surface area (Å²) < 4.78 is 0. The molecule has 0 fully saturated rings. The summed E-state index contributed by atoms with van der Waals surface area (Å²) >= 11 is 0. The Balaban J connectivity index is 0.000000177. The van der Waals surface area contributed by atoms with Crippen molar-refractivity contribution in [3.05, 3.63) is 137 Å². The van der Waals surface area contributed by atoms with Crippen molar-refractivity contribution in [1.29, 1.82) is 0 Å². The summed E-state index contributed by atoms with van der Waals surface area (Å²) in [6.45, 7) is 0. The van der Waals surface area contributed by atoms with Gasteiger partial charge in [0, 0.05) is 11.6 Å². The molecule has 30 heavy (non-hydrogen) atoms. The predicted molar refractivity (Wildman–Crippen MR) is 123 cm³/mol. The highest BCUT2D eigenvalue weighted by molar-refractivity contribution is 7.55. The summed E-state index contributed by atoms with van der Waals surface area (Å²) in [6, 6.07) is 35.6. The van der Waals surface area contributed by atoms with Gasteiger partial charge in [-0.3, -0.25) is 14.9 Å². The molecule has 4 rings (SSSR count). The van der Waals surface area contributed by atoms with Crippen molar-refractivity contribution in [3.63, 3.8) is 0 Å². The number of nitrogens with zero attached hydrogens (tertiary/aromatic N) is 1. The van der Waals surface area contributed by atoms with Crippen molar-refractivity contribution in [1.82, 2.24) is 0 Å². The Morgan fingerprint density at radius 1 is 0.633 bits per heavy atom. The van der Waals surface area contributed by atoms with Crippen LogP contribution in [0.25, 0.3) is 0 Å². The molecule has 0 saturated carbocycles. The van der Waals surface area contributed by atoms with Crippen LogP contribution in [0.4, 0.5) is 5.69 Å². The van der Waals surface area contributed by atoms with Gasteiger partial charge in [-0.25, -0.2) is 0 Å². The Morgan fingerprint density at radius 2 is 1.07 bits per heavy atom. The summed E-state index contributed by atoms with van der Waals surface area (Å²) in [7, 11) is 0.777. The van der Waals surface area contributed by atoms with Crippen molar-refractivity contribution in [3.8, 4) is 0 Å². The van der Waals surface area contributed by atoms with E-state index in [1.54, 1.807) is 42.5 Å². The van der Waals surface area contributed by atoms with Gasteiger partial charge in [-0.2, -0.15) is 0 Å². The van der Waals surface area contributed by atoms with Gasteiger partial charge >= 0.3 is 0 Å². The average Bonchev–Trinajstić information content (AvgIpc) is 2.81. The summed E-state index contributed by atoms with van der Waals surface area (Å²) in [4.78, 5) is 22.3. The molecule has 0 atom stereocenters. The topological polar surface area (TPSA) is 60.2 Å². The van der Waals surface area contributed by atoms with Gasteiger partial charge in [0.2, 0.25) is 0 Å². The monoisotopic (exact) mass is 413 g/mol. The molecule has 0 N–H and O–H groups in total. The van der Waals surface area contributed by atoms with E-state index in [2.05, 4.69) is 60.7 Å². The van der Waals surface area contributed by atoms with Gasteiger partial charge < -0.3 is 0 Å². The Kier molecular flexibility index (Phi) is 7.59. The van der Waals surface area contributed by atoms with Crippen LogP contribution in [0, 0.1) is 10.1 Å². The minimum atomic E-state index is -0.545. The van der Waals surface area contributed by atoms with Crippen LogP contribution in [0.2, 0.25) is 0 Å². The smallest absolute Gasteiger partial charge is 0.280 e. The SMILES string of the molecule is O=C(c1ccccc1)c1ccccc1[N+](=O)[O-].c1ccc(Pc2ccccc2)cc1. The zero-order chi connectivity index (χ0) is 21.2. The lowest BCUT2D eigenvalue weighted by molar-refractivity contribution is -0.385. The molecular formula is C25H20NO3P. The third-order valence-corrected chi connectivity index (χ3v) is 5.46. The molecule has 0 aromatic heterocycles. The largest absolute Gasteiger partial charge is 0.288 e. The molecule has 0 aliphatic carbocycles. The molecule has 0 spiro atoms. The van der Waals surface area contributed by atoms with E-state index in [1.807, 2.05) is 0 Å². The molecule has 4 nitrogen and oxygen atoms in total. The number of ketones is 1. The van der Waals surface area contributed by atoms with Gasteiger partial charge in [-0.05, 0) is 16.7 Å². The fourth-order valence-electron chi connectivity index (χ4n) is 2.78. The van der Waals surface area contributed by atoms with E-state index in [9.17, 15) is 14.9 Å². The second-order valence-electron chi connectivity index (χ2n) is 6.33. The predicted octanol–water partition coefficient (Wildman–Crippen LogP) is 5.14. The molecule has 148 valence electrons. The molecule has 0 radical (unpaired) electrons. The molecule has 0 amide bonds. The van der Waals surface area contributed by atoms with Gasteiger partial charge in [0.15, 0.2) is 5.78 Å². The summed E-state index contributed by atoms with van der Waals surface area (Å²) in [5.41, 5.74) is 0.395. The third kappa shape index (κ3) is 5.94. The molecule has 0 aliphatic rings. The second kappa shape index (κ2) is 10.8. The molecule has 0 heterocycles. The fraction of sp³-hybridized carbons (Fsp3) is 0. The summed E-state index contributed by atoms with van der Waals surface area (Å²) in [5.74, 6) is -0.335. The molecule has 4 aromatic rings. The molecule has 4 aromatic carbocycles. The van der Waals surface area contributed by atoms with Crippen LogP contribution in [0.3, 0.4) is 0 Å². The number of para-hydroxylation sites is 1. The Bertz CT molecular complexity index is 1060. The molecule has 0 saturated heterocycles. The van der Waals surface area contributed by atoms with Gasteiger partial charge in [-0.1, -0.05) is 112 Å². The maximum Gasteiger partial charge on any atom is 0.280 e. The highest BCUT2D eigenvalue weighted by Gasteiger charge is 2.19. The normalized spacial score (nSPS) is 9.87. The fourth-order valence-corrected chi connectivity index (χ4v) is 3.83. The minimum Gasteiger partial charge on any atom is -0.288 e. The zero-order valence-corrected chi connectivity index (χ0v) is 17.1. The third-order valence-electron chi connectivity index (χ3n) is 4.22.